The van der Waals surface area contributed by atoms with Crippen LogP contribution >= 0.6 is 0 Å². The van der Waals surface area contributed by atoms with E-state index in [1.807, 2.05) is 0 Å². The first-order valence-electron chi connectivity index (χ1n) is 5.58. The van der Waals surface area contributed by atoms with Gasteiger partial charge in [-0.05, 0) is 24.1 Å². The highest BCUT2D eigenvalue weighted by molar-refractivity contribution is 5.92. The quantitative estimate of drug-likeness (QED) is 0.833. The van der Waals surface area contributed by atoms with Crippen LogP contribution in [0.2, 0.25) is 0 Å². The Morgan fingerprint density at radius 2 is 2.41 bits per heavy atom. The summed E-state index contributed by atoms with van der Waals surface area (Å²) < 4.78 is 18.7. The summed E-state index contributed by atoms with van der Waals surface area (Å²) in [6.07, 6.45) is 0.689. The van der Waals surface area contributed by atoms with Gasteiger partial charge in [0.2, 0.25) is 5.91 Å². The van der Waals surface area contributed by atoms with Gasteiger partial charge < -0.3 is 15.8 Å². The first-order chi connectivity index (χ1) is 8.20. The normalized spacial score (nSPS) is 19.3. The summed E-state index contributed by atoms with van der Waals surface area (Å²) in [6.45, 7) is 1.28. The van der Waals surface area contributed by atoms with Crippen molar-refractivity contribution >= 4 is 11.6 Å². The third kappa shape index (κ3) is 2.81. The van der Waals surface area contributed by atoms with Crippen LogP contribution in [0.25, 0.3) is 0 Å². The summed E-state index contributed by atoms with van der Waals surface area (Å²) in [5, 5.41) is 2.57. The smallest absolute Gasteiger partial charge is 0.229 e. The van der Waals surface area contributed by atoms with Gasteiger partial charge in [0, 0.05) is 13.2 Å². The Hall–Kier alpha value is -1.46. The lowest BCUT2D eigenvalue weighted by Crippen LogP contribution is -2.23. The van der Waals surface area contributed by atoms with Crippen LogP contribution in [-0.4, -0.2) is 19.1 Å². The van der Waals surface area contributed by atoms with Gasteiger partial charge in [0.15, 0.2) is 0 Å². The Morgan fingerprint density at radius 1 is 1.59 bits per heavy atom. The number of amides is 1. The van der Waals surface area contributed by atoms with Crippen LogP contribution in [0, 0.1) is 11.7 Å². The summed E-state index contributed by atoms with van der Waals surface area (Å²) in [5.74, 6) is -0.828. The molecule has 1 aromatic carbocycles. The first kappa shape index (κ1) is 12.0. The van der Waals surface area contributed by atoms with E-state index in [4.69, 9.17) is 10.5 Å². The maximum absolute atomic E-state index is 13.6. The van der Waals surface area contributed by atoms with E-state index < -0.39 is 5.82 Å². The number of anilines is 1. The molecule has 5 heteroatoms. The standard InChI is InChI=1S/C12H15FN2O2/c13-10-5-8(6-14)1-2-11(10)15-12(16)9-3-4-17-7-9/h1-2,5,9H,3-4,6-7,14H2,(H,15,16). The molecule has 0 aromatic heterocycles. The van der Waals surface area contributed by atoms with Crippen molar-refractivity contribution in [2.45, 2.75) is 13.0 Å². The molecule has 1 unspecified atom stereocenters. The molecule has 0 aliphatic carbocycles. The largest absolute Gasteiger partial charge is 0.381 e. The zero-order chi connectivity index (χ0) is 12.3. The fourth-order valence-electron chi connectivity index (χ4n) is 1.76. The van der Waals surface area contributed by atoms with E-state index in [0.29, 0.717) is 25.2 Å². The molecule has 1 aliphatic rings. The molecule has 2 rings (SSSR count). The lowest BCUT2D eigenvalue weighted by Gasteiger charge is -2.10. The van der Waals surface area contributed by atoms with E-state index in [0.717, 1.165) is 0 Å². The van der Waals surface area contributed by atoms with Gasteiger partial charge in [-0.3, -0.25) is 4.79 Å². The van der Waals surface area contributed by atoms with E-state index in [2.05, 4.69) is 5.32 Å². The van der Waals surface area contributed by atoms with E-state index in [1.54, 1.807) is 6.07 Å². The molecule has 0 radical (unpaired) electrons. The molecular formula is C12H15FN2O2. The van der Waals surface area contributed by atoms with E-state index in [1.165, 1.54) is 12.1 Å². The molecule has 1 aromatic rings. The minimum absolute atomic E-state index is 0.177. The third-order valence-electron chi connectivity index (χ3n) is 2.83. The predicted octanol–water partition coefficient (Wildman–Crippen LogP) is 1.26. The second-order valence-corrected chi connectivity index (χ2v) is 4.07. The lowest BCUT2D eigenvalue weighted by molar-refractivity contribution is -0.119. The van der Waals surface area contributed by atoms with Crippen molar-refractivity contribution in [3.05, 3.63) is 29.6 Å². The number of carbonyl (C=O) groups excluding carboxylic acids is 1. The maximum atomic E-state index is 13.6. The highest BCUT2D eigenvalue weighted by atomic mass is 19.1. The number of hydrogen-bond acceptors (Lipinski definition) is 3. The van der Waals surface area contributed by atoms with Crippen LogP contribution in [-0.2, 0) is 16.1 Å². The number of nitrogens with one attached hydrogen (secondary N) is 1. The Morgan fingerprint density at radius 3 is 3.00 bits per heavy atom. The minimum Gasteiger partial charge on any atom is -0.381 e. The molecule has 1 fully saturated rings. The highest BCUT2D eigenvalue weighted by Crippen LogP contribution is 2.19. The summed E-state index contributed by atoms with van der Waals surface area (Å²) >= 11 is 0. The average molecular weight is 238 g/mol. The van der Waals surface area contributed by atoms with Crippen LogP contribution in [0.3, 0.4) is 0 Å². The van der Waals surface area contributed by atoms with Crippen LogP contribution in [0.4, 0.5) is 10.1 Å². The van der Waals surface area contributed by atoms with Crippen molar-refractivity contribution in [3.8, 4) is 0 Å². The van der Waals surface area contributed by atoms with Gasteiger partial charge in [0.25, 0.3) is 0 Å². The fourth-order valence-corrected chi connectivity index (χ4v) is 1.76. The Labute approximate surface area is 98.9 Å². The molecule has 1 amide bonds. The number of rotatable bonds is 3. The number of ether oxygens (including phenoxy) is 1. The Balaban J connectivity index is 2.05. The zero-order valence-electron chi connectivity index (χ0n) is 9.41. The molecule has 4 nitrogen and oxygen atoms in total. The summed E-state index contributed by atoms with van der Waals surface area (Å²) in [6, 6.07) is 4.57. The number of nitrogens with two attached hydrogens (primary N) is 1. The summed E-state index contributed by atoms with van der Waals surface area (Å²) in [4.78, 5) is 11.7. The molecule has 3 N–H and O–H groups in total. The molecule has 0 spiro atoms. The molecule has 1 atom stereocenters. The number of hydrogen-bond donors (Lipinski definition) is 2. The van der Waals surface area contributed by atoms with Crippen molar-refractivity contribution in [3.63, 3.8) is 0 Å². The second kappa shape index (κ2) is 5.25. The molecule has 1 aliphatic heterocycles. The van der Waals surface area contributed by atoms with Crippen molar-refractivity contribution in [2.24, 2.45) is 11.7 Å². The SMILES string of the molecule is NCc1ccc(NC(=O)C2CCOC2)c(F)c1. The van der Waals surface area contributed by atoms with Gasteiger partial charge >= 0.3 is 0 Å². The van der Waals surface area contributed by atoms with Crippen LogP contribution in [0.1, 0.15) is 12.0 Å². The monoisotopic (exact) mass is 238 g/mol. The molecular weight excluding hydrogens is 223 g/mol. The second-order valence-electron chi connectivity index (χ2n) is 4.07. The molecule has 17 heavy (non-hydrogen) atoms. The van der Waals surface area contributed by atoms with E-state index in [9.17, 15) is 9.18 Å². The van der Waals surface area contributed by atoms with Gasteiger partial charge in [0.1, 0.15) is 5.82 Å². The zero-order valence-corrected chi connectivity index (χ0v) is 9.41. The fraction of sp³-hybridized carbons (Fsp3) is 0.417. The number of carbonyl (C=O) groups is 1. The highest BCUT2D eigenvalue weighted by Gasteiger charge is 2.24. The molecule has 92 valence electrons. The summed E-state index contributed by atoms with van der Waals surface area (Å²) in [5.41, 5.74) is 6.29. The Bertz CT molecular complexity index is 417. The molecule has 1 heterocycles. The van der Waals surface area contributed by atoms with Crippen molar-refractivity contribution in [1.29, 1.82) is 0 Å². The van der Waals surface area contributed by atoms with Gasteiger partial charge in [-0.1, -0.05) is 6.07 Å². The van der Waals surface area contributed by atoms with Crippen LogP contribution < -0.4 is 11.1 Å². The number of halogens is 1. The average Bonchev–Trinajstić information content (AvgIpc) is 2.85. The molecule has 1 saturated heterocycles. The van der Waals surface area contributed by atoms with Crippen molar-refractivity contribution in [2.75, 3.05) is 18.5 Å². The van der Waals surface area contributed by atoms with Gasteiger partial charge in [-0.25, -0.2) is 4.39 Å². The first-order valence-corrected chi connectivity index (χ1v) is 5.58. The van der Waals surface area contributed by atoms with Crippen LogP contribution in [0.15, 0.2) is 18.2 Å². The van der Waals surface area contributed by atoms with E-state index in [-0.39, 0.29) is 24.1 Å². The molecule has 0 bridgehead atoms. The Kier molecular flexibility index (Phi) is 3.71. The number of benzene rings is 1. The predicted molar refractivity (Wildman–Crippen MR) is 61.8 cm³/mol. The van der Waals surface area contributed by atoms with Gasteiger partial charge in [0.05, 0.1) is 18.2 Å². The van der Waals surface area contributed by atoms with Gasteiger partial charge in [-0.15, -0.1) is 0 Å². The maximum Gasteiger partial charge on any atom is 0.229 e. The lowest BCUT2D eigenvalue weighted by atomic mass is 10.1. The van der Waals surface area contributed by atoms with Crippen LogP contribution in [0.5, 0.6) is 0 Å². The van der Waals surface area contributed by atoms with Crippen molar-refractivity contribution in [1.82, 2.24) is 0 Å². The van der Waals surface area contributed by atoms with Crippen molar-refractivity contribution < 1.29 is 13.9 Å². The van der Waals surface area contributed by atoms with E-state index >= 15 is 0 Å². The topological polar surface area (TPSA) is 64.3 Å². The van der Waals surface area contributed by atoms with Gasteiger partial charge in [-0.2, -0.15) is 0 Å². The molecule has 0 saturated carbocycles. The minimum atomic E-state index is -0.458. The summed E-state index contributed by atoms with van der Waals surface area (Å²) in [7, 11) is 0. The third-order valence-corrected chi connectivity index (χ3v) is 2.83.